The molecule has 0 spiro atoms. The number of ether oxygens (including phenoxy) is 2. The second-order valence-electron chi connectivity index (χ2n) is 4.07. The van der Waals surface area contributed by atoms with E-state index in [0.717, 1.165) is 5.56 Å². The lowest BCUT2D eigenvalue weighted by molar-refractivity contribution is 0.0600. The number of phenolic OH excluding ortho intramolecular Hbond substituents is 1. The lowest BCUT2D eigenvalue weighted by Crippen LogP contribution is -2.02. The van der Waals surface area contributed by atoms with Crippen molar-refractivity contribution >= 4 is 17.6 Å². The number of phenols is 1. The number of esters is 1. The van der Waals surface area contributed by atoms with E-state index in [0.29, 0.717) is 0 Å². The van der Waals surface area contributed by atoms with Gasteiger partial charge >= 0.3 is 5.97 Å². The van der Waals surface area contributed by atoms with Crippen LogP contribution in [0.5, 0.6) is 11.5 Å². The Hall–Kier alpha value is -2.20. The van der Waals surface area contributed by atoms with Crippen molar-refractivity contribution in [2.45, 2.75) is 20.5 Å². The monoisotopic (exact) mass is 322 g/mol. The van der Waals surface area contributed by atoms with Crippen LogP contribution in [0.1, 0.15) is 29.8 Å². The Morgan fingerprint density at radius 2 is 1.82 bits per heavy atom. The van der Waals surface area contributed by atoms with Gasteiger partial charge in [-0.25, -0.2) is 4.79 Å². The highest BCUT2D eigenvalue weighted by Crippen LogP contribution is 2.36. The molecule has 0 amide bonds. The molecule has 2 aromatic carbocycles. The number of hydrogen-bond acceptors (Lipinski definition) is 4. The first-order valence-corrected chi connectivity index (χ1v) is 7.27. The summed E-state index contributed by atoms with van der Waals surface area (Å²) in [4.78, 5) is 11.4. The van der Waals surface area contributed by atoms with E-state index in [1.54, 1.807) is 0 Å². The molecule has 0 radical (unpaired) electrons. The number of halogens is 1. The molecule has 0 unspecified atom stereocenters. The molecule has 0 saturated carbocycles. The topological polar surface area (TPSA) is 55.8 Å². The second-order valence-corrected chi connectivity index (χ2v) is 4.48. The molecule has 0 heterocycles. The second kappa shape index (κ2) is 8.95. The number of carbonyl (C=O) groups excluding carboxylic acids is 1. The van der Waals surface area contributed by atoms with Crippen molar-refractivity contribution in [2.75, 3.05) is 7.11 Å². The molecule has 0 bridgehead atoms. The van der Waals surface area contributed by atoms with Crippen molar-refractivity contribution in [3.63, 3.8) is 0 Å². The van der Waals surface area contributed by atoms with Gasteiger partial charge in [0.05, 0.1) is 17.7 Å². The van der Waals surface area contributed by atoms with Gasteiger partial charge in [0, 0.05) is 0 Å². The summed E-state index contributed by atoms with van der Waals surface area (Å²) in [5, 5.41) is 10.0. The van der Waals surface area contributed by atoms with Crippen LogP contribution in [0, 0.1) is 0 Å². The minimum atomic E-state index is -0.572. The molecule has 0 aromatic heterocycles. The van der Waals surface area contributed by atoms with Crippen LogP contribution in [0.3, 0.4) is 0 Å². The smallest absolute Gasteiger partial charge is 0.338 e. The minimum absolute atomic E-state index is 0.142. The number of carbonyl (C=O) groups is 1. The fourth-order valence-electron chi connectivity index (χ4n) is 1.69. The third kappa shape index (κ3) is 4.67. The van der Waals surface area contributed by atoms with Gasteiger partial charge in [-0.3, -0.25) is 0 Å². The quantitative estimate of drug-likeness (QED) is 0.846. The first-order valence-electron chi connectivity index (χ1n) is 6.89. The summed E-state index contributed by atoms with van der Waals surface area (Å²) in [6.45, 7) is 4.27. The van der Waals surface area contributed by atoms with E-state index in [9.17, 15) is 9.90 Å². The Morgan fingerprint density at radius 3 is 2.36 bits per heavy atom. The maximum atomic E-state index is 11.4. The third-order valence-corrected chi connectivity index (χ3v) is 2.95. The van der Waals surface area contributed by atoms with Gasteiger partial charge in [-0.2, -0.15) is 0 Å². The molecule has 0 fully saturated rings. The van der Waals surface area contributed by atoms with Crippen LogP contribution in [0.25, 0.3) is 0 Å². The largest absolute Gasteiger partial charge is 0.504 e. The van der Waals surface area contributed by atoms with Crippen molar-refractivity contribution in [3.8, 4) is 11.5 Å². The summed E-state index contributed by atoms with van der Waals surface area (Å²) >= 11 is 6.01. The van der Waals surface area contributed by atoms with Gasteiger partial charge in [-0.1, -0.05) is 55.8 Å². The Kier molecular flexibility index (Phi) is 7.26. The van der Waals surface area contributed by atoms with E-state index in [-0.39, 0.29) is 28.7 Å². The van der Waals surface area contributed by atoms with Gasteiger partial charge in [-0.05, 0) is 17.7 Å². The van der Waals surface area contributed by atoms with Gasteiger partial charge in [0.25, 0.3) is 0 Å². The van der Waals surface area contributed by atoms with Crippen LogP contribution in [0.15, 0.2) is 42.5 Å². The molecule has 0 aliphatic heterocycles. The molecule has 0 aliphatic rings. The first kappa shape index (κ1) is 17.9. The van der Waals surface area contributed by atoms with Gasteiger partial charge < -0.3 is 14.6 Å². The molecule has 2 rings (SSSR count). The maximum absolute atomic E-state index is 11.4. The summed E-state index contributed by atoms with van der Waals surface area (Å²) in [5.74, 6) is -0.631. The fraction of sp³-hybridized carbons (Fsp3) is 0.235. The molecule has 2 aromatic rings. The van der Waals surface area contributed by atoms with Crippen LogP contribution >= 0.6 is 11.6 Å². The van der Waals surface area contributed by atoms with Crippen molar-refractivity contribution in [2.24, 2.45) is 0 Å². The summed E-state index contributed by atoms with van der Waals surface area (Å²) < 4.78 is 10.1. The number of aromatic hydroxyl groups is 1. The van der Waals surface area contributed by atoms with Crippen LogP contribution in [0.4, 0.5) is 0 Å². The van der Waals surface area contributed by atoms with Gasteiger partial charge in [-0.15, -0.1) is 0 Å². The highest BCUT2D eigenvalue weighted by atomic mass is 35.5. The summed E-state index contributed by atoms with van der Waals surface area (Å²) in [6.07, 6.45) is 0. The van der Waals surface area contributed by atoms with E-state index in [1.165, 1.54) is 19.2 Å². The van der Waals surface area contributed by atoms with E-state index in [4.69, 9.17) is 16.3 Å². The highest BCUT2D eigenvalue weighted by Gasteiger charge is 2.15. The molecule has 118 valence electrons. The SMILES string of the molecule is CC.COC(=O)c1cc(O)c(OCc2ccccc2)c(Cl)c1. The van der Waals surface area contributed by atoms with Crippen molar-refractivity contribution < 1.29 is 19.4 Å². The van der Waals surface area contributed by atoms with Gasteiger partial charge in [0.15, 0.2) is 11.5 Å². The standard InChI is InChI=1S/C15H13ClO4.C2H6/c1-19-15(18)11-7-12(16)14(13(17)8-11)20-9-10-5-3-2-4-6-10;1-2/h2-8,17H,9H2,1H3;1-2H3. The predicted molar refractivity (Wildman–Crippen MR) is 86.6 cm³/mol. The van der Waals surface area contributed by atoms with Crippen LogP contribution < -0.4 is 4.74 Å². The zero-order valence-electron chi connectivity index (χ0n) is 12.8. The Morgan fingerprint density at radius 1 is 1.18 bits per heavy atom. The van der Waals surface area contributed by atoms with E-state index in [1.807, 2.05) is 44.2 Å². The van der Waals surface area contributed by atoms with Crippen LogP contribution in [-0.4, -0.2) is 18.2 Å². The maximum Gasteiger partial charge on any atom is 0.338 e. The van der Waals surface area contributed by atoms with Crippen molar-refractivity contribution in [1.29, 1.82) is 0 Å². The Bertz CT molecular complexity index is 588. The first-order chi connectivity index (χ1) is 10.6. The van der Waals surface area contributed by atoms with E-state index in [2.05, 4.69) is 4.74 Å². The number of benzene rings is 2. The van der Waals surface area contributed by atoms with E-state index < -0.39 is 5.97 Å². The van der Waals surface area contributed by atoms with Crippen LogP contribution in [-0.2, 0) is 11.3 Å². The zero-order chi connectivity index (χ0) is 16.5. The number of rotatable bonds is 4. The molecule has 0 aliphatic carbocycles. The van der Waals surface area contributed by atoms with Crippen molar-refractivity contribution in [3.05, 3.63) is 58.6 Å². The average Bonchev–Trinajstić information content (AvgIpc) is 2.56. The highest BCUT2D eigenvalue weighted by molar-refractivity contribution is 6.32. The summed E-state index contributed by atoms with van der Waals surface area (Å²) in [5.41, 5.74) is 1.11. The Balaban J connectivity index is 0.00000116. The van der Waals surface area contributed by atoms with Gasteiger partial charge in [0.2, 0.25) is 0 Å². The van der Waals surface area contributed by atoms with Crippen LogP contribution in [0.2, 0.25) is 5.02 Å². The molecule has 0 atom stereocenters. The molecule has 4 nitrogen and oxygen atoms in total. The Labute approximate surface area is 135 Å². The van der Waals surface area contributed by atoms with Gasteiger partial charge in [0.1, 0.15) is 6.61 Å². The fourth-order valence-corrected chi connectivity index (χ4v) is 1.96. The van der Waals surface area contributed by atoms with E-state index >= 15 is 0 Å². The van der Waals surface area contributed by atoms with Crippen molar-refractivity contribution in [1.82, 2.24) is 0 Å². The molecular weight excluding hydrogens is 304 g/mol. The molecule has 22 heavy (non-hydrogen) atoms. The average molecular weight is 323 g/mol. The molecule has 5 heteroatoms. The molecule has 1 N–H and O–H groups in total. The summed E-state index contributed by atoms with van der Waals surface area (Å²) in [7, 11) is 1.26. The number of methoxy groups -OCH3 is 1. The zero-order valence-corrected chi connectivity index (χ0v) is 13.6. The molecular formula is C17H19ClO4. The molecule has 0 saturated heterocycles. The lowest BCUT2D eigenvalue weighted by Gasteiger charge is -2.11. The minimum Gasteiger partial charge on any atom is -0.504 e. The normalized spacial score (nSPS) is 9.45. The summed E-state index contributed by atoms with van der Waals surface area (Å²) in [6, 6.07) is 12.1. The lowest BCUT2D eigenvalue weighted by atomic mass is 10.2. The third-order valence-electron chi connectivity index (χ3n) is 2.67. The predicted octanol–water partition coefficient (Wildman–Crippen LogP) is 4.44. The number of hydrogen-bond donors (Lipinski definition) is 1.